The highest BCUT2D eigenvalue weighted by molar-refractivity contribution is 5.73. The quantitative estimate of drug-likeness (QED) is 0.320. The van der Waals surface area contributed by atoms with Crippen LogP contribution in [0.4, 0.5) is 0 Å². The minimum atomic E-state index is -0.843. The first kappa shape index (κ1) is 20.5. The SMILES string of the molecule is CCCCCCCCC(C)(CCCCCCCC)C([O])=O. The van der Waals surface area contributed by atoms with E-state index in [1.807, 2.05) is 6.92 Å². The Morgan fingerprint density at radius 2 is 1.00 bits per heavy atom. The van der Waals surface area contributed by atoms with Gasteiger partial charge < -0.3 is 0 Å². The number of carbonyl (C=O) groups is 1. The largest absolute Gasteiger partial charge is 0.361 e. The molecule has 0 N–H and O–H groups in total. The number of unbranched alkanes of at least 4 members (excludes halogenated alkanes) is 10. The first-order valence-corrected chi connectivity index (χ1v) is 9.28. The zero-order chi connectivity index (χ0) is 16.0. The van der Waals surface area contributed by atoms with Crippen LogP contribution in [-0.2, 0) is 9.90 Å². The van der Waals surface area contributed by atoms with Crippen LogP contribution >= 0.6 is 0 Å². The molecule has 125 valence electrons. The highest BCUT2D eigenvalue weighted by atomic mass is 16.4. The van der Waals surface area contributed by atoms with Gasteiger partial charge in [0, 0.05) is 0 Å². The molecule has 0 saturated carbocycles. The van der Waals surface area contributed by atoms with Crippen molar-refractivity contribution in [2.24, 2.45) is 5.41 Å². The molecule has 0 bridgehead atoms. The first-order valence-electron chi connectivity index (χ1n) is 9.28. The van der Waals surface area contributed by atoms with Gasteiger partial charge in [-0.05, 0) is 19.8 Å². The standard InChI is InChI=1S/C19H37O2/c1-4-6-8-10-12-14-16-19(3,18(20)21)17-15-13-11-9-7-5-2/h4-17H2,1-3H3. The third-order valence-corrected chi connectivity index (χ3v) is 4.66. The average Bonchev–Trinajstić information content (AvgIpc) is 2.46. The first-order chi connectivity index (χ1) is 10.1. The molecule has 0 aliphatic rings. The van der Waals surface area contributed by atoms with Crippen LogP contribution in [0.25, 0.3) is 0 Å². The predicted octanol–water partition coefficient (Wildman–Crippen LogP) is 6.45. The Labute approximate surface area is 132 Å². The molecule has 21 heavy (non-hydrogen) atoms. The lowest BCUT2D eigenvalue weighted by Gasteiger charge is -2.23. The zero-order valence-electron chi connectivity index (χ0n) is 14.7. The molecule has 0 aliphatic heterocycles. The van der Waals surface area contributed by atoms with Crippen molar-refractivity contribution in [2.75, 3.05) is 0 Å². The average molecular weight is 298 g/mol. The molecular weight excluding hydrogens is 260 g/mol. The highest BCUT2D eigenvalue weighted by Crippen LogP contribution is 2.32. The molecule has 0 aromatic carbocycles. The van der Waals surface area contributed by atoms with E-state index < -0.39 is 11.4 Å². The second-order valence-corrected chi connectivity index (χ2v) is 6.88. The maximum atomic E-state index is 11.4. The Balaban J connectivity index is 3.82. The summed E-state index contributed by atoms with van der Waals surface area (Å²) in [6.07, 6.45) is 16.2. The number of carbonyl (C=O) groups excluding carboxylic acids is 1. The van der Waals surface area contributed by atoms with Gasteiger partial charge in [-0.3, -0.25) is 0 Å². The topological polar surface area (TPSA) is 37.0 Å². The van der Waals surface area contributed by atoms with E-state index in [0.717, 1.165) is 25.7 Å². The molecule has 1 radical (unpaired) electrons. The van der Waals surface area contributed by atoms with Crippen LogP contribution < -0.4 is 0 Å². The molecule has 0 aromatic rings. The van der Waals surface area contributed by atoms with Gasteiger partial charge in [-0.25, -0.2) is 9.90 Å². The van der Waals surface area contributed by atoms with Gasteiger partial charge in [-0.1, -0.05) is 90.9 Å². The Morgan fingerprint density at radius 3 is 1.33 bits per heavy atom. The molecule has 0 atom stereocenters. The summed E-state index contributed by atoms with van der Waals surface area (Å²) >= 11 is 0. The van der Waals surface area contributed by atoms with Crippen LogP contribution in [0, 0.1) is 5.41 Å². The van der Waals surface area contributed by atoms with Crippen molar-refractivity contribution in [3.8, 4) is 0 Å². The van der Waals surface area contributed by atoms with Crippen LogP contribution in [0.3, 0.4) is 0 Å². The summed E-state index contributed by atoms with van der Waals surface area (Å²) in [4.78, 5) is 11.4. The van der Waals surface area contributed by atoms with Gasteiger partial charge in [0.1, 0.15) is 0 Å². The van der Waals surface area contributed by atoms with Gasteiger partial charge in [0.25, 0.3) is 0 Å². The van der Waals surface area contributed by atoms with Gasteiger partial charge in [0.2, 0.25) is 0 Å². The predicted molar refractivity (Wildman–Crippen MR) is 89.8 cm³/mol. The molecule has 0 amide bonds. The van der Waals surface area contributed by atoms with Gasteiger partial charge in [0.05, 0.1) is 5.41 Å². The molecule has 2 nitrogen and oxygen atoms in total. The van der Waals surface area contributed by atoms with Crippen molar-refractivity contribution in [3.63, 3.8) is 0 Å². The van der Waals surface area contributed by atoms with Crippen LogP contribution in [0.1, 0.15) is 111 Å². The summed E-state index contributed by atoms with van der Waals surface area (Å²) in [5.41, 5.74) is -0.602. The lowest BCUT2D eigenvalue weighted by molar-refractivity contribution is -0.155. The molecular formula is C19H37O2. The minimum Gasteiger partial charge on any atom is -0.247 e. The molecule has 0 aliphatic carbocycles. The molecule has 2 heteroatoms. The lowest BCUT2D eigenvalue weighted by atomic mass is 9.80. The van der Waals surface area contributed by atoms with E-state index in [-0.39, 0.29) is 0 Å². The van der Waals surface area contributed by atoms with E-state index in [2.05, 4.69) is 13.8 Å². The maximum Gasteiger partial charge on any atom is 0.361 e. The fourth-order valence-electron chi connectivity index (χ4n) is 2.92. The van der Waals surface area contributed by atoms with E-state index in [1.165, 1.54) is 64.2 Å². The van der Waals surface area contributed by atoms with Crippen molar-refractivity contribution in [1.82, 2.24) is 0 Å². The smallest absolute Gasteiger partial charge is 0.247 e. The monoisotopic (exact) mass is 297 g/mol. The molecule has 0 saturated heterocycles. The van der Waals surface area contributed by atoms with Gasteiger partial charge >= 0.3 is 5.97 Å². The Kier molecular flexibility index (Phi) is 12.8. The Bertz CT molecular complexity index is 232. The molecule has 0 fully saturated rings. The van der Waals surface area contributed by atoms with Crippen LogP contribution in [0.15, 0.2) is 0 Å². The lowest BCUT2D eigenvalue weighted by Crippen LogP contribution is -2.26. The summed E-state index contributed by atoms with van der Waals surface area (Å²) in [5.74, 6) is -0.843. The van der Waals surface area contributed by atoms with Crippen molar-refractivity contribution >= 4 is 5.97 Å². The Hall–Kier alpha value is -0.530. The van der Waals surface area contributed by atoms with Crippen LogP contribution in [0.5, 0.6) is 0 Å². The molecule has 0 unspecified atom stereocenters. The van der Waals surface area contributed by atoms with Gasteiger partial charge in [-0.15, -0.1) is 0 Å². The van der Waals surface area contributed by atoms with Crippen molar-refractivity contribution in [1.29, 1.82) is 0 Å². The molecule has 0 heterocycles. The summed E-state index contributed by atoms with van der Waals surface area (Å²) < 4.78 is 0. The van der Waals surface area contributed by atoms with E-state index in [4.69, 9.17) is 0 Å². The van der Waals surface area contributed by atoms with Crippen molar-refractivity contribution in [2.45, 2.75) is 111 Å². The van der Waals surface area contributed by atoms with Gasteiger partial charge in [-0.2, -0.15) is 0 Å². The van der Waals surface area contributed by atoms with E-state index in [1.54, 1.807) is 0 Å². The van der Waals surface area contributed by atoms with Gasteiger partial charge in [0.15, 0.2) is 0 Å². The number of rotatable bonds is 15. The zero-order valence-corrected chi connectivity index (χ0v) is 14.7. The van der Waals surface area contributed by atoms with Crippen molar-refractivity contribution in [3.05, 3.63) is 0 Å². The summed E-state index contributed by atoms with van der Waals surface area (Å²) in [6, 6.07) is 0. The fourth-order valence-corrected chi connectivity index (χ4v) is 2.92. The summed E-state index contributed by atoms with van der Waals surface area (Å²) in [7, 11) is 0. The van der Waals surface area contributed by atoms with Crippen LogP contribution in [0.2, 0.25) is 0 Å². The fraction of sp³-hybridized carbons (Fsp3) is 0.947. The molecule has 0 spiro atoms. The molecule has 0 aromatic heterocycles. The second-order valence-electron chi connectivity index (χ2n) is 6.88. The third-order valence-electron chi connectivity index (χ3n) is 4.66. The molecule has 0 rings (SSSR count). The summed E-state index contributed by atoms with van der Waals surface area (Å²) in [6.45, 7) is 6.32. The number of hydrogen-bond donors (Lipinski definition) is 0. The number of hydrogen-bond acceptors (Lipinski definition) is 1. The normalized spacial score (nSPS) is 11.8. The highest BCUT2D eigenvalue weighted by Gasteiger charge is 2.33. The maximum absolute atomic E-state index is 11.4. The minimum absolute atomic E-state index is 0.602. The van der Waals surface area contributed by atoms with Crippen molar-refractivity contribution < 1.29 is 9.90 Å². The van der Waals surface area contributed by atoms with Crippen LogP contribution in [-0.4, -0.2) is 5.97 Å². The second kappa shape index (κ2) is 13.2. The third kappa shape index (κ3) is 10.8. The Morgan fingerprint density at radius 1 is 0.667 bits per heavy atom. The van der Waals surface area contributed by atoms with E-state index in [0.29, 0.717) is 0 Å². The summed E-state index contributed by atoms with van der Waals surface area (Å²) in [5, 5.41) is 11.4. The van der Waals surface area contributed by atoms with E-state index >= 15 is 0 Å². The van der Waals surface area contributed by atoms with E-state index in [9.17, 15) is 9.90 Å².